The Labute approximate surface area is 57.2 Å². The Bertz CT molecular complexity index is 54.9. The van der Waals surface area contributed by atoms with Crippen LogP contribution in [0.3, 0.4) is 0 Å². The van der Waals surface area contributed by atoms with Crippen LogP contribution in [0, 0.1) is 0 Å². The molecule has 0 rings (SSSR count). The molecule has 0 aromatic heterocycles. The highest BCUT2D eigenvalue weighted by Crippen LogP contribution is 1.93. The molecule has 0 aliphatic rings. The number of rotatable bonds is 5. The van der Waals surface area contributed by atoms with Crippen molar-refractivity contribution in [1.29, 1.82) is 0 Å². The molecular weight excluding hydrogens is 116 g/mol. The highest BCUT2D eigenvalue weighted by atomic mass is 16.7. The molecule has 2 nitrogen and oxygen atoms in total. The molecule has 0 fully saturated rings. The molecule has 0 radical (unpaired) electrons. The number of hydrogen-bond donors (Lipinski definition) is 0. The molecule has 1 atom stereocenters. The topological polar surface area (TPSA) is 18.5 Å². The second-order valence-corrected chi connectivity index (χ2v) is 2.03. The second kappa shape index (κ2) is 6.05. The summed E-state index contributed by atoms with van der Waals surface area (Å²) >= 11 is 0. The summed E-state index contributed by atoms with van der Waals surface area (Å²) in [5, 5.41) is 0. The first-order valence-electron chi connectivity index (χ1n) is 3.45. The monoisotopic (exact) mass is 132 g/mol. The quantitative estimate of drug-likeness (QED) is 0.419. The zero-order chi connectivity index (χ0) is 7.11. The van der Waals surface area contributed by atoms with E-state index in [4.69, 9.17) is 9.47 Å². The summed E-state index contributed by atoms with van der Waals surface area (Å²) in [6, 6.07) is 0. The van der Waals surface area contributed by atoms with E-state index in [2.05, 4.69) is 6.92 Å². The summed E-state index contributed by atoms with van der Waals surface area (Å²) in [5.41, 5.74) is 0. The second-order valence-electron chi connectivity index (χ2n) is 2.03. The molecule has 0 aliphatic carbocycles. The predicted octanol–water partition coefficient (Wildman–Crippen LogP) is 1.80. The fraction of sp³-hybridized carbons (Fsp3) is 1.00. The lowest BCUT2D eigenvalue weighted by Gasteiger charge is -2.09. The lowest BCUT2D eigenvalue weighted by atomic mass is 10.4. The van der Waals surface area contributed by atoms with E-state index in [1.165, 1.54) is 6.42 Å². The first-order valence-corrected chi connectivity index (χ1v) is 3.45. The van der Waals surface area contributed by atoms with E-state index in [1.54, 1.807) is 7.11 Å². The molecule has 56 valence electrons. The van der Waals surface area contributed by atoms with Gasteiger partial charge in [0.25, 0.3) is 0 Å². The van der Waals surface area contributed by atoms with Crippen molar-refractivity contribution < 1.29 is 9.47 Å². The van der Waals surface area contributed by atoms with Crippen molar-refractivity contribution in [2.75, 3.05) is 13.7 Å². The largest absolute Gasteiger partial charge is 0.356 e. The van der Waals surface area contributed by atoms with E-state index < -0.39 is 0 Å². The molecule has 0 heterocycles. The van der Waals surface area contributed by atoms with Crippen molar-refractivity contribution in [3.8, 4) is 0 Å². The maximum atomic E-state index is 5.21. The zero-order valence-corrected chi connectivity index (χ0v) is 6.52. The van der Waals surface area contributed by atoms with Crippen LogP contribution in [0.25, 0.3) is 0 Å². The van der Waals surface area contributed by atoms with Crippen LogP contribution in [-0.4, -0.2) is 20.0 Å². The summed E-state index contributed by atoms with van der Waals surface area (Å²) < 4.78 is 10.1. The van der Waals surface area contributed by atoms with E-state index in [9.17, 15) is 0 Å². The fourth-order valence-corrected chi connectivity index (χ4v) is 0.462. The lowest BCUT2D eigenvalue weighted by Crippen LogP contribution is -2.10. The van der Waals surface area contributed by atoms with Crippen LogP contribution >= 0.6 is 0 Å². The SMILES string of the molecule is CCCCOC(C)OC. The molecule has 0 bridgehead atoms. The third-order valence-corrected chi connectivity index (χ3v) is 1.18. The van der Waals surface area contributed by atoms with Gasteiger partial charge in [-0.1, -0.05) is 13.3 Å². The standard InChI is InChI=1S/C7H16O2/c1-4-5-6-9-7(2)8-3/h7H,4-6H2,1-3H3. The molecule has 0 saturated heterocycles. The Hall–Kier alpha value is -0.0800. The molecule has 0 amide bonds. The Morgan fingerprint density at radius 3 is 2.56 bits per heavy atom. The van der Waals surface area contributed by atoms with Crippen molar-refractivity contribution in [2.45, 2.75) is 33.0 Å². The number of hydrogen-bond acceptors (Lipinski definition) is 2. The molecule has 1 unspecified atom stereocenters. The minimum absolute atomic E-state index is 0.0449. The smallest absolute Gasteiger partial charge is 0.154 e. The van der Waals surface area contributed by atoms with Crippen LogP contribution in [0.4, 0.5) is 0 Å². The van der Waals surface area contributed by atoms with Crippen molar-refractivity contribution in [3.05, 3.63) is 0 Å². The summed E-state index contributed by atoms with van der Waals surface area (Å²) in [7, 11) is 1.65. The van der Waals surface area contributed by atoms with Crippen LogP contribution in [0.1, 0.15) is 26.7 Å². The van der Waals surface area contributed by atoms with E-state index >= 15 is 0 Å². The van der Waals surface area contributed by atoms with Gasteiger partial charge in [-0.05, 0) is 13.3 Å². The van der Waals surface area contributed by atoms with Crippen LogP contribution in [-0.2, 0) is 9.47 Å². The van der Waals surface area contributed by atoms with Gasteiger partial charge in [0.15, 0.2) is 6.29 Å². The average Bonchev–Trinajstić information content (AvgIpc) is 1.89. The molecular formula is C7H16O2. The van der Waals surface area contributed by atoms with Crippen molar-refractivity contribution in [3.63, 3.8) is 0 Å². The Morgan fingerprint density at radius 1 is 1.44 bits per heavy atom. The van der Waals surface area contributed by atoms with Gasteiger partial charge in [0, 0.05) is 13.7 Å². The zero-order valence-electron chi connectivity index (χ0n) is 6.52. The first kappa shape index (κ1) is 8.92. The van der Waals surface area contributed by atoms with Crippen molar-refractivity contribution in [1.82, 2.24) is 0 Å². The fourth-order valence-electron chi connectivity index (χ4n) is 0.462. The number of unbranched alkanes of at least 4 members (excludes halogenated alkanes) is 1. The Balaban J connectivity index is 2.88. The van der Waals surface area contributed by atoms with Crippen LogP contribution in [0.2, 0.25) is 0 Å². The highest BCUT2D eigenvalue weighted by Gasteiger charge is 1.95. The van der Waals surface area contributed by atoms with Gasteiger partial charge in [-0.2, -0.15) is 0 Å². The Morgan fingerprint density at radius 2 is 2.11 bits per heavy atom. The molecule has 0 N–H and O–H groups in total. The molecule has 9 heavy (non-hydrogen) atoms. The number of ether oxygens (including phenoxy) is 2. The maximum absolute atomic E-state index is 5.21. The van der Waals surface area contributed by atoms with E-state index in [-0.39, 0.29) is 6.29 Å². The van der Waals surface area contributed by atoms with Gasteiger partial charge < -0.3 is 9.47 Å². The third-order valence-electron chi connectivity index (χ3n) is 1.18. The highest BCUT2D eigenvalue weighted by molar-refractivity contribution is 4.32. The maximum Gasteiger partial charge on any atom is 0.154 e. The number of methoxy groups -OCH3 is 1. The van der Waals surface area contributed by atoms with Gasteiger partial charge in [-0.3, -0.25) is 0 Å². The first-order chi connectivity index (χ1) is 4.31. The molecule has 0 aromatic rings. The van der Waals surface area contributed by atoms with Gasteiger partial charge in [-0.25, -0.2) is 0 Å². The molecule has 0 saturated carbocycles. The van der Waals surface area contributed by atoms with Crippen LogP contribution in [0.15, 0.2) is 0 Å². The summed E-state index contributed by atoms with van der Waals surface area (Å²) in [6.07, 6.45) is 2.25. The van der Waals surface area contributed by atoms with E-state index in [0.29, 0.717) is 0 Å². The van der Waals surface area contributed by atoms with E-state index in [1.807, 2.05) is 6.92 Å². The van der Waals surface area contributed by atoms with Gasteiger partial charge in [0.1, 0.15) is 0 Å². The van der Waals surface area contributed by atoms with Crippen LogP contribution in [0.5, 0.6) is 0 Å². The van der Waals surface area contributed by atoms with Gasteiger partial charge in [0.2, 0.25) is 0 Å². The summed E-state index contributed by atoms with van der Waals surface area (Å²) in [5.74, 6) is 0. The molecule has 0 spiro atoms. The Kier molecular flexibility index (Phi) is 5.99. The van der Waals surface area contributed by atoms with Gasteiger partial charge in [-0.15, -0.1) is 0 Å². The van der Waals surface area contributed by atoms with Crippen molar-refractivity contribution >= 4 is 0 Å². The normalized spacial score (nSPS) is 13.7. The molecule has 0 aliphatic heterocycles. The molecule has 0 aromatic carbocycles. The predicted molar refractivity (Wildman–Crippen MR) is 37.3 cm³/mol. The van der Waals surface area contributed by atoms with Gasteiger partial charge >= 0.3 is 0 Å². The molecule has 2 heteroatoms. The minimum Gasteiger partial charge on any atom is -0.356 e. The minimum atomic E-state index is -0.0449. The summed E-state index contributed by atoms with van der Waals surface area (Å²) in [4.78, 5) is 0. The third kappa shape index (κ3) is 5.80. The average molecular weight is 132 g/mol. The van der Waals surface area contributed by atoms with Crippen LogP contribution < -0.4 is 0 Å². The van der Waals surface area contributed by atoms with E-state index in [0.717, 1.165) is 13.0 Å². The van der Waals surface area contributed by atoms with Crippen molar-refractivity contribution in [2.24, 2.45) is 0 Å². The van der Waals surface area contributed by atoms with Gasteiger partial charge in [0.05, 0.1) is 0 Å². The summed E-state index contributed by atoms with van der Waals surface area (Å²) in [6.45, 7) is 4.85. The lowest BCUT2D eigenvalue weighted by molar-refractivity contribution is -0.111.